The summed E-state index contributed by atoms with van der Waals surface area (Å²) in [5.41, 5.74) is 4.20. The van der Waals surface area contributed by atoms with Gasteiger partial charge in [0.25, 0.3) is 5.91 Å². The lowest BCUT2D eigenvalue weighted by Crippen LogP contribution is -2.72. The van der Waals surface area contributed by atoms with Crippen molar-refractivity contribution in [2.24, 2.45) is 11.1 Å². The van der Waals surface area contributed by atoms with E-state index in [0.717, 1.165) is 0 Å². The van der Waals surface area contributed by atoms with Gasteiger partial charge in [0.15, 0.2) is 11.6 Å². The summed E-state index contributed by atoms with van der Waals surface area (Å²) in [5, 5.41) is 10.5. The standard InChI is InChI=1S/C23H21FN6O6/c1-9-7-29-17-11(5-23(19(29)10(2)35-9)14(31)4-15(32)27-22(23)34)3-13-18(16(17)24)36-28-21(13)30-8-12(6-26-30)20(25)33/h3,6,8-10,19H,4-5,7H2,1-2H3,(H2,25,33)(H,27,32,34)/t9-,10+,19-,23?/m1/s1. The molecule has 0 radical (unpaired) electrons. The fraction of sp³-hybridized carbons (Fsp3) is 0.391. The summed E-state index contributed by atoms with van der Waals surface area (Å²) in [6, 6.07) is 0.769. The Morgan fingerprint density at radius 3 is 2.78 bits per heavy atom. The maximum Gasteiger partial charge on any atom is 0.251 e. The molecule has 12 nitrogen and oxygen atoms in total. The van der Waals surface area contributed by atoms with Gasteiger partial charge in [0.1, 0.15) is 5.41 Å². The number of imide groups is 1. The molecule has 2 saturated heterocycles. The first-order chi connectivity index (χ1) is 17.1. The van der Waals surface area contributed by atoms with E-state index in [1.54, 1.807) is 17.9 Å². The second-order valence-electron chi connectivity index (χ2n) is 9.49. The van der Waals surface area contributed by atoms with Gasteiger partial charge >= 0.3 is 0 Å². The number of primary amides is 1. The van der Waals surface area contributed by atoms with Crippen LogP contribution in [0.15, 0.2) is 23.0 Å². The molecule has 1 aromatic carbocycles. The molecule has 3 N–H and O–H groups in total. The smallest absolute Gasteiger partial charge is 0.251 e. The number of nitrogens with one attached hydrogen (secondary N) is 1. The number of nitrogens with zero attached hydrogens (tertiary/aromatic N) is 4. The van der Waals surface area contributed by atoms with Gasteiger partial charge < -0.3 is 19.9 Å². The number of fused-ring (bicyclic) bond motifs is 5. The molecule has 1 spiro atoms. The van der Waals surface area contributed by atoms with Gasteiger partial charge in [0, 0.05) is 12.7 Å². The monoisotopic (exact) mass is 496 g/mol. The zero-order chi connectivity index (χ0) is 25.5. The molecule has 0 aliphatic carbocycles. The van der Waals surface area contributed by atoms with E-state index in [2.05, 4.69) is 15.6 Å². The lowest BCUT2D eigenvalue weighted by molar-refractivity contribution is -0.158. The van der Waals surface area contributed by atoms with Crippen LogP contribution in [0.25, 0.3) is 16.8 Å². The number of morpholine rings is 1. The molecular formula is C23H21FN6O6. The van der Waals surface area contributed by atoms with Gasteiger partial charge in [-0.25, -0.2) is 9.07 Å². The summed E-state index contributed by atoms with van der Waals surface area (Å²) >= 11 is 0. The van der Waals surface area contributed by atoms with Crippen LogP contribution in [0.4, 0.5) is 10.1 Å². The number of hydrogen-bond donors (Lipinski definition) is 2. The molecule has 3 aromatic rings. The van der Waals surface area contributed by atoms with Crippen LogP contribution in [0.5, 0.6) is 0 Å². The minimum absolute atomic E-state index is 0.105. The molecule has 3 aliphatic rings. The fourth-order valence-corrected chi connectivity index (χ4v) is 5.87. The van der Waals surface area contributed by atoms with Crippen LogP contribution < -0.4 is 16.0 Å². The first-order valence-corrected chi connectivity index (χ1v) is 11.4. The van der Waals surface area contributed by atoms with Crippen LogP contribution in [0.1, 0.15) is 36.2 Å². The number of amides is 3. The molecule has 186 valence electrons. The third-order valence-electron chi connectivity index (χ3n) is 7.24. The SMILES string of the molecule is C[C@@H]1CN2c3c(cc4c(-n5cc(C(N)=O)cn5)noc4c3F)CC3(C(=O)CC(=O)NC3=O)[C@H]2[C@H](C)O1. The highest BCUT2D eigenvalue weighted by Crippen LogP contribution is 2.50. The largest absolute Gasteiger partial charge is 0.372 e. The Hall–Kier alpha value is -4.13. The third-order valence-corrected chi connectivity index (χ3v) is 7.24. The topological polar surface area (TPSA) is 163 Å². The number of carbonyl (C=O) groups excluding carboxylic acids is 4. The number of ether oxygens (including phenoxy) is 1. The van der Waals surface area contributed by atoms with Crippen molar-refractivity contribution in [1.29, 1.82) is 0 Å². The van der Waals surface area contributed by atoms with Crippen molar-refractivity contribution in [3.05, 3.63) is 35.4 Å². The molecule has 13 heteroatoms. The first kappa shape index (κ1) is 22.3. The zero-order valence-corrected chi connectivity index (χ0v) is 19.3. The van der Waals surface area contributed by atoms with Crippen molar-refractivity contribution in [1.82, 2.24) is 20.3 Å². The predicted octanol–water partition coefficient (Wildman–Crippen LogP) is 0.392. The number of ketones is 1. The molecule has 1 unspecified atom stereocenters. The molecule has 6 rings (SSSR count). The second-order valence-corrected chi connectivity index (χ2v) is 9.49. The van der Waals surface area contributed by atoms with Crippen LogP contribution in [0.3, 0.4) is 0 Å². The minimum Gasteiger partial charge on any atom is -0.372 e. The Balaban J connectivity index is 1.58. The van der Waals surface area contributed by atoms with Crippen LogP contribution in [-0.4, -0.2) is 63.2 Å². The van der Waals surface area contributed by atoms with Gasteiger partial charge in [-0.1, -0.05) is 5.16 Å². The number of aromatic nitrogens is 3. The van der Waals surface area contributed by atoms with E-state index in [4.69, 9.17) is 15.0 Å². The van der Waals surface area contributed by atoms with E-state index in [1.807, 2.05) is 6.92 Å². The van der Waals surface area contributed by atoms with E-state index in [-0.39, 0.29) is 47.1 Å². The highest BCUT2D eigenvalue weighted by molar-refractivity contribution is 6.22. The molecule has 3 amide bonds. The number of nitrogens with two attached hydrogens (primary N) is 1. The van der Waals surface area contributed by atoms with Gasteiger partial charge in [-0.15, -0.1) is 0 Å². The van der Waals surface area contributed by atoms with E-state index >= 15 is 4.39 Å². The molecule has 0 bridgehead atoms. The Morgan fingerprint density at radius 2 is 2.08 bits per heavy atom. The number of carbonyl (C=O) groups is 4. The van der Waals surface area contributed by atoms with Crippen LogP contribution in [0.2, 0.25) is 0 Å². The van der Waals surface area contributed by atoms with Gasteiger partial charge in [-0.3, -0.25) is 24.5 Å². The number of hydrogen-bond acceptors (Lipinski definition) is 9. The third kappa shape index (κ3) is 2.89. The van der Waals surface area contributed by atoms with Gasteiger partial charge in [0.2, 0.25) is 23.2 Å². The van der Waals surface area contributed by atoms with E-state index in [1.165, 1.54) is 17.1 Å². The number of halogens is 1. The molecule has 0 saturated carbocycles. The summed E-state index contributed by atoms with van der Waals surface area (Å²) in [7, 11) is 0. The molecule has 36 heavy (non-hydrogen) atoms. The fourth-order valence-electron chi connectivity index (χ4n) is 5.87. The molecule has 2 aromatic heterocycles. The van der Waals surface area contributed by atoms with Crippen LogP contribution >= 0.6 is 0 Å². The van der Waals surface area contributed by atoms with Crippen molar-refractivity contribution < 1.29 is 32.8 Å². The number of piperidine rings is 1. The Labute approximate surface area is 202 Å². The van der Waals surface area contributed by atoms with Gasteiger partial charge in [0.05, 0.1) is 47.5 Å². The quantitative estimate of drug-likeness (QED) is 0.377. The van der Waals surface area contributed by atoms with Gasteiger partial charge in [-0.05, 0) is 31.9 Å². The molecule has 4 atom stereocenters. The van der Waals surface area contributed by atoms with Crippen LogP contribution in [-0.2, 0) is 25.5 Å². The maximum absolute atomic E-state index is 16.1. The maximum atomic E-state index is 16.1. The van der Waals surface area contributed by atoms with Gasteiger partial charge in [-0.2, -0.15) is 5.10 Å². The summed E-state index contributed by atoms with van der Waals surface area (Å²) in [5.74, 6) is -3.22. The van der Waals surface area contributed by atoms with Crippen molar-refractivity contribution in [3.8, 4) is 5.82 Å². The summed E-state index contributed by atoms with van der Waals surface area (Å²) < 4.78 is 28.6. The number of rotatable bonds is 2. The Morgan fingerprint density at radius 1 is 1.31 bits per heavy atom. The predicted molar refractivity (Wildman–Crippen MR) is 120 cm³/mol. The summed E-state index contributed by atoms with van der Waals surface area (Å²) in [4.78, 5) is 51.9. The minimum atomic E-state index is -1.65. The lowest BCUT2D eigenvalue weighted by Gasteiger charge is -2.55. The van der Waals surface area contributed by atoms with E-state index in [0.29, 0.717) is 5.56 Å². The Kier molecular flexibility index (Phi) is 4.61. The van der Waals surface area contributed by atoms with Crippen molar-refractivity contribution in [2.75, 3.05) is 11.4 Å². The van der Waals surface area contributed by atoms with E-state index < -0.39 is 53.3 Å². The molecular weight excluding hydrogens is 475 g/mol. The zero-order valence-electron chi connectivity index (χ0n) is 19.3. The van der Waals surface area contributed by atoms with Crippen molar-refractivity contribution >= 4 is 40.2 Å². The Bertz CT molecular complexity index is 1470. The van der Waals surface area contributed by atoms with Crippen molar-refractivity contribution in [3.63, 3.8) is 0 Å². The molecule has 2 fully saturated rings. The summed E-state index contributed by atoms with van der Waals surface area (Å²) in [6.07, 6.45) is 1.05. The average molecular weight is 496 g/mol. The number of benzene rings is 1. The molecule has 5 heterocycles. The van der Waals surface area contributed by atoms with Crippen molar-refractivity contribution in [2.45, 2.75) is 44.9 Å². The normalized spacial score (nSPS) is 27.8. The second kappa shape index (κ2) is 7.43. The molecule has 3 aliphatic heterocycles. The summed E-state index contributed by atoms with van der Waals surface area (Å²) in [6.45, 7) is 3.76. The lowest BCUT2D eigenvalue weighted by atomic mass is 9.63. The number of anilines is 1. The number of Topliss-reactive ketones (excluding diaryl/α,β-unsaturated/α-hetero) is 1. The highest BCUT2D eigenvalue weighted by Gasteiger charge is 2.62. The first-order valence-electron chi connectivity index (χ1n) is 11.4. The highest BCUT2D eigenvalue weighted by atomic mass is 19.1. The van der Waals surface area contributed by atoms with E-state index in [9.17, 15) is 19.2 Å². The average Bonchev–Trinajstić information content (AvgIpc) is 3.44. The van der Waals surface area contributed by atoms with Crippen LogP contribution in [0, 0.1) is 11.2 Å².